The summed E-state index contributed by atoms with van der Waals surface area (Å²) in [5.41, 5.74) is 5.33. The van der Waals surface area contributed by atoms with E-state index >= 15 is 0 Å². The molecule has 2 atom stereocenters. The number of nitrogens with two attached hydrogens (primary N) is 1. The molecule has 0 radical (unpaired) electrons. The van der Waals surface area contributed by atoms with E-state index in [4.69, 9.17) is 5.73 Å². The Morgan fingerprint density at radius 2 is 2.25 bits per heavy atom. The highest BCUT2D eigenvalue weighted by molar-refractivity contribution is 7.89. The van der Waals surface area contributed by atoms with E-state index in [-0.39, 0.29) is 5.75 Å². The van der Waals surface area contributed by atoms with Gasteiger partial charge in [0.15, 0.2) is 0 Å². The van der Waals surface area contributed by atoms with Crippen molar-refractivity contribution in [3.8, 4) is 0 Å². The van der Waals surface area contributed by atoms with Crippen molar-refractivity contribution in [1.29, 1.82) is 0 Å². The van der Waals surface area contributed by atoms with Crippen LogP contribution in [0.3, 0.4) is 0 Å². The molecule has 3 N–H and O–H groups in total. The van der Waals surface area contributed by atoms with Crippen molar-refractivity contribution in [2.75, 3.05) is 12.3 Å². The summed E-state index contributed by atoms with van der Waals surface area (Å²) in [6, 6.07) is 0. The predicted octanol–water partition coefficient (Wildman–Crippen LogP) is 0.999. The lowest BCUT2D eigenvalue weighted by molar-refractivity contribution is 0.191. The second-order valence-corrected chi connectivity index (χ2v) is 6.45. The lowest BCUT2D eigenvalue weighted by Gasteiger charge is -2.42. The molecule has 2 unspecified atom stereocenters. The first kappa shape index (κ1) is 13.7. The molecule has 16 heavy (non-hydrogen) atoms. The molecule has 1 rings (SSSR count). The first-order chi connectivity index (χ1) is 7.46. The van der Waals surface area contributed by atoms with Gasteiger partial charge in [0.05, 0.1) is 5.75 Å². The van der Waals surface area contributed by atoms with Crippen LogP contribution in [0.1, 0.15) is 32.6 Å². The van der Waals surface area contributed by atoms with Gasteiger partial charge in [-0.2, -0.15) is 0 Å². The fourth-order valence-corrected chi connectivity index (χ4v) is 3.82. The molecule has 1 saturated carbocycles. The molecule has 0 aromatic carbocycles. The van der Waals surface area contributed by atoms with E-state index in [9.17, 15) is 8.42 Å². The van der Waals surface area contributed by atoms with Crippen LogP contribution >= 0.6 is 0 Å². The summed E-state index contributed by atoms with van der Waals surface area (Å²) in [4.78, 5) is 0. The molecular formula is C11H22N2O2S. The van der Waals surface area contributed by atoms with Gasteiger partial charge >= 0.3 is 0 Å². The predicted molar refractivity (Wildman–Crippen MR) is 66.5 cm³/mol. The van der Waals surface area contributed by atoms with Gasteiger partial charge in [-0.25, -0.2) is 13.1 Å². The largest absolute Gasteiger partial charge is 0.329 e. The van der Waals surface area contributed by atoms with Gasteiger partial charge < -0.3 is 5.73 Å². The lowest BCUT2D eigenvalue weighted by Crippen LogP contribution is -2.59. The molecule has 1 fully saturated rings. The van der Waals surface area contributed by atoms with Gasteiger partial charge in [-0.3, -0.25) is 0 Å². The van der Waals surface area contributed by atoms with Gasteiger partial charge in [0.2, 0.25) is 10.0 Å². The maximum Gasteiger partial charge on any atom is 0.215 e. The lowest BCUT2D eigenvalue weighted by atomic mass is 9.74. The Hall–Kier alpha value is -0.390. The molecule has 0 bridgehead atoms. The normalized spacial score (nSPS) is 31.2. The summed E-state index contributed by atoms with van der Waals surface area (Å²) in [6.45, 7) is 5.89. The average Bonchev–Trinajstić information content (AvgIpc) is 2.21. The first-order valence-electron chi connectivity index (χ1n) is 5.78. The number of hydrogen-bond donors (Lipinski definition) is 2. The van der Waals surface area contributed by atoms with E-state index in [0.717, 1.165) is 25.7 Å². The minimum absolute atomic E-state index is 0.0402. The Bertz CT molecular complexity index is 340. The number of rotatable bonds is 5. The summed E-state index contributed by atoms with van der Waals surface area (Å²) in [7, 11) is -3.28. The molecule has 1 aliphatic carbocycles. The molecule has 0 heterocycles. The van der Waals surface area contributed by atoms with E-state index < -0.39 is 15.6 Å². The molecule has 0 amide bonds. The Kier molecular flexibility index (Phi) is 4.52. The number of hydrogen-bond acceptors (Lipinski definition) is 3. The van der Waals surface area contributed by atoms with E-state index in [1.165, 1.54) is 6.08 Å². The smallest absolute Gasteiger partial charge is 0.215 e. The Morgan fingerprint density at radius 1 is 1.56 bits per heavy atom. The summed E-state index contributed by atoms with van der Waals surface area (Å²) < 4.78 is 26.3. The molecule has 5 heteroatoms. The van der Waals surface area contributed by atoms with Gasteiger partial charge in [0.1, 0.15) is 0 Å². The summed E-state index contributed by atoms with van der Waals surface area (Å²) >= 11 is 0. The second kappa shape index (κ2) is 5.29. The van der Waals surface area contributed by atoms with Crippen LogP contribution in [0.2, 0.25) is 0 Å². The van der Waals surface area contributed by atoms with E-state index in [1.54, 1.807) is 0 Å². The maximum atomic E-state index is 11.8. The van der Waals surface area contributed by atoms with Crippen molar-refractivity contribution in [1.82, 2.24) is 4.72 Å². The molecule has 0 saturated heterocycles. The monoisotopic (exact) mass is 246 g/mol. The Labute approximate surface area is 98.3 Å². The highest BCUT2D eigenvalue weighted by atomic mass is 32.2. The summed E-state index contributed by atoms with van der Waals surface area (Å²) in [5, 5.41) is 0. The van der Waals surface area contributed by atoms with Crippen LogP contribution in [-0.2, 0) is 10.0 Å². The SMILES string of the molecule is C=CCS(=O)(=O)NC1(CN)CCCCC1C. The van der Waals surface area contributed by atoms with Crippen LogP contribution in [0.25, 0.3) is 0 Å². The third-order valence-corrected chi connectivity index (χ3v) is 4.91. The minimum Gasteiger partial charge on any atom is -0.329 e. The fourth-order valence-electron chi connectivity index (χ4n) is 2.42. The summed E-state index contributed by atoms with van der Waals surface area (Å²) in [5.74, 6) is 0.257. The van der Waals surface area contributed by atoms with Crippen molar-refractivity contribution in [3.63, 3.8) is 0 Å². The molecular weight excluding hydrogens is 224 g/mol. The zero-order valence-electron chi connectivity index (χ0n) is 9.91. The highest BCUT2D eigenvalue weighted by Gasteiger charge is 2.39. The van der Waals surface area contributed by atoms with Crippen molar-refractivity contribution in [2.45, 2.75) is 38.1 Å². The molecule has 0 aromatic heterocycles. The highest BCUT2D eigenvalue weighted by Crippen LogP contribution is 2.33. The third-order valence-electron chi connectivity index (χ3n) is 3.51. The van der Waals surface area contributed by atoms with Gasteiger partial charge in [-0.1, -0.05) is 25.8 Å². The maximum absolute atomic E-state index is 11.8. The van der Waals surface area contributed by atoms with E-state index in [1.807, 2.05) is 0 Å². The molecule has 0 aliphatic heterocycles. The zero-order valence-corrected chi connectivity index (χ0v) is 10.7. The standard InChI is InChI=1S/C11H22N2O2S/c1-3-8-16(14,15)13-11(9-12)7-5-4-6-10(11)2/h3,10,13H,1,4-9,12H2,2H3. The second-order valence-electron chi connectivity index (χ2n) is 4.68. The molecule has 4 nitrogen and oxygen atoms in total. The molecule has 94 valence electrons. The number of nitrogens with one attached hydrogen (secondary N) is 1. The van der Waals surface area contributed by atoms with Crippen molar-refractivity contribution >= 4 is 10.0 Å². The Balaban J connectivity index is 2.84. The summed E-state index contributed by atoms with van der Waals surface area (Å²) in [6.07, 6.45) is 5.47. The zero-order chi connectivity index (χ0) is 12.2. The minimum atomic E-state index is -3.28. The van der Waals surface area contributed by atoms with Crippen LogP contribution in [0, 0.1) is 5.92 Å². The van der Waals surface area contributed by atoms with Gasteiger partial charge in [-0.05, 0) is 18.8 Å². The van der Waals surface area contributed by atoms with Crippen LogP contribution < -0.4 is 10.5 Å². The fraction of sp³-hybridized carbons (Fsp3) is 0.818. The average molecular weight is 246 g/mol. The topological polar surface area (TPSA) is 72.2 Å². The molecule has 0 aromatic rings. The number of sulfonamides is 1. The van der Waals surface area contributed by atoms with Crippen LogP contribution in [-0.4, -0.2) is 26.3 Å². The van der Waals surface area contributed by atoms with E-state index in [2.05, 4.69) is 18.2 Å². The van der Waals surface area contributed by atoms with Crippen molar-refractivity contribution in [2.24, 2.45) is 11.7 Å². The van der Waals surface area contributed by atoms with Crippen LogP contribution in [0.5, 0.6) is 0 Å². The van der Waals surface area contributed by atoms with Crippen LogP contribution in [0.15, 0.2) is 12.7 Å². The quantitative estimate of drug-likeness (QED) is 0.711. The van der Waals surface area contributed by atoms with Crippen LogP contribution in [0.4, 0.5) is 0 Å². The van der Waals surface area contributed by atoms with Gasteiger partial charge in [0.25, 0.3) is 0 Å². The first-order valence-corrected chi connectivity index (χ1v) is 7.43. The van der Waals surface area contributed by atoms with Gasteiger partial charge in [-0.15, -0.1) is 6.58 Å². The van der Waals surface area contributed by atoms with Gasteiger partial charge in [0, 0.05) is 12.1 Å². The van der Waals surface area contributed by atoms with Crippen molar-refractivity contribution < 1.29 is 8.42 Å². The third kappa shape index (κ3) is 3.06. The Morgan fingerprint density at radius 3 is 2.75 bits per heavy atom. The molecule has 0 spiro atoms. The van der Waals surface area contributed by atoms with Crippen molar-refractivity contribution in [3.05, 3.63) is 12.7 Å². The molecule has 1 aliphatic rings. The van der Waals surface area contributed by atoms with E-state index in [0.29, 0.717) is 12.5 Å².